The lowest BCUT2D eigenvalue weighted by molar-refractivity contribution is 0.491. The Balaban J connectivity index is 2.38. The monoisotopic (exact) mass is 215 g/mol. The van der Waals surface area contributed by atoms with Crippen molar-refractivity contribution < 1.29 is 0 Å². The fourth-order valence-electron chi connectivity index (χ4n) is 2.53. The number of nitrogens with zero attached hydrogens (tertiary/aromatic N) is 1. The molecule has 0 aliphatic heterocycles. The molecule has 0 saturated carbocycles. The Morgan fingerprint density at radius 2 is 2.00 bits per heavy atom. The number of aryl methyl sites for hydroxylation is 1. The highest BCUT2D eigenvalue weighted by atomic mass is 15.0. The molecule has 1 heterocycles. The lowest BCUT2D eigenvalue weighted by atomic mass is 10.1. The highest BCUT2D eigenvalue weighted by Crippen LogP contribution is 2.26. The summed E-state index contributed by atoms with van der Waals surface area (Å²) in [5.41, 5.74) is 2.76. The van der Waals surface area contributed by atoms with Crippen LogP contribution in [0.1, 0.15) is 44.8 Å². The molecule has 0 bridgehead atoms. The predicted molar refractivity (Wildman–Crippen MR) is 70.9 cm³/mol. The van der Waals surface area contributed by atoms with Crippen molar-refractivity contribution in [1.82, 2.24) is 4.57 Å². The minimum absolute atomic E-state index is 0.611. The normalized spacial score (nSPS) is 13.2. The average Bonchev–Trinajstić information content (AvgIpc) is 2.62. The first-order valence-corrected chi connectivity index (χ1v) is 6.30. The number of rotatable bonds is 4. The lowest BCUT2D eigenvalue weighted by Crippen LogP contribution is -2.06. The van der Waals surface area contributed by atoms with Crippen LogP contribution >= 0.6 is 0 Å². The van der Waals surface area contributed by atoms with Crippen molar-refractivity contribution in [1.29, 1.82) is 0 Å². The summed E-state index contributed by atoms with van der Waals surface area (Å²) in [6, 6.07) is 11.6. The minimum atomic E-state index is 0.611. The van der Waals surface area contributed by atoms with E-state index >= 15 is 0 Å². The van der Waals surface area contributed by atoms with Gasteiger partial charge in [-0.3, -0.25) is 0 Å². The number of benzene rings is 1. The Morgan fingerprint density at radius 3 is 2.75 bits per heavy atom. The standard InChI is InChI=1S/C15H21N/c1-4-5-8-12(2)16-13(3)11-14-9-6-7-10-15(14)16/h6-7,9-12H,4-5,8H2,1-3H3. The molecule has 1 unspecified atom stereocenters. The van der Waals surface area contributed by atoms with Gasteiger partial charge in [0.2, 0.25) is 0 Å². The van der Waals surface area contributed by atoms with E-state index in [2.05, 4.69) is 55.7 Å². The van der Waals surface area contributed by atoms with Gasteiger partial charge in [-0.1, -0.05) is 38.0 Å². The third kappa shape index (κ3) is 1.99. The number of hydrogen-bond donors (Lipinski definition) is 0. The zero-order valence-corrected chi connectivity index (χ0v) is 10.5. The van der Waals surface area contributed by atoms with Gasteiger partial charge in [0, 0.05) is 17.3 Å². The molecule has 1 nitrogen and oxygen atoms in total. The van der Waals surface area contributed by atoms with Crippen LogP contribution in [0.25, 0.3) is 10.9 Å². The van der Waals surface area contributed by atoms with Crippen molar-refractivity contribution in [2.75, 3.05) is 0 Å². The van der Waals surface area contributed by atoms with Gasteiger partial charge < -0.3 is 4.57 Å². The van der Waals surface area contributed by atoms with E-state index < -0.39 is 0 Å². The molecule has 0 aliphatic rings. The molecule has 2 aromatic rings. The molecular formula is C15H21N. The van der Waals surface area contributed by atoms with Crippen LogP contribution < -0.4 is 0 Å². The molecule has 0 saturated heterocycles. The Kier molecular flexibility index (Phi) is 3.33. The fraction of sp³-hybridized carbons (Fsp3) is 0.467. The molecule has 0 aliphatic carbocycles. The Hall–Kier alpha value is -1.24. The summed E-state index contributed by atoms with van der Waals surface area (Å²) < 4.78 is 2.48. The summed E-state index contributed by atoms with van der Waals surface area (Å²) in [7, 11) is 0. The van der Waals surface area contributed by atoms with E-state index in [4.69, 9.17) is 0 Å². The van der Waals surface area contributed by atoms with Gasteiger partial charge >= 0.3 is 0 Å². The van der Waals surface area contributed by atoms with Crippen molar-refractivity contribution in [2.45, 2.75) is 46.1 Å². The molecule has 0 N–H and O–H groups in total. The third-order valence-corrected chi connectivity index (χ3v) is 3.36. The molecule has 1 aromatic heterocycles. The maximum absolute atomic E-state index is 2.48. The van der Waals surface area contributed by atoms with Crippen LogP contribution in [0.3, 0.4) is 0 Å². The van der Waals surface area contributed by atoms with E-state index in [-0.39, 0.29) is 0 Å². The van der Waals surface area contributed by atoms with E-state index in [0.717, 1.165) is 0 Å². The molecule has 16 heavy (non-hydrogen) atoms. The van der Waals surface area contributed by atoms with Gasteiger partial charge in [0.1, 0.15) is 0 Å². The Bertz CT molecular complexity index is 467. The molecular weight excluding hydrogens is 194 g/mol. The minimum Gasteiger partial charge on any atom is -0.342 e. The Labute approximate surface area is 98.1 Å². The highest BCUT2D eigenvalue weighted by molar-refractivity contribution is 5.81. The number of aromatic nitrogens is 1. The molecule has 0 amide bonds. The van der Waals surface area contributed by atoms with Crippen molar-refractivity contribution in [3.05, 3.63) is 36.0 Å². The number of fused-ring (bicyclic) bond motifs is 1. The van der Waals surface area contributed by atoms with E-state index in [1.54, 1.807) is 0 Å². The van der Waals surface area contributed by atoms with Gasteiger partial charge in [-0.05, 0) is 37.8 Å². The second-order valence-corrected chi connectivity index (χ2v) is 4.71. The molecule has 0 spiro atoms. The molecule has 1 aromatic carbocycles. The summed E-state index contributed by atoms with van der Waals surface area (Å²) in [6.45, 7) is 6.80. The van der Waals surface area contributed by atoms with Crippen molar-refractivity contribution >= 4 is 10.9 Å². The van der Waals surface area contributed by atoms with Gasteiger partial charge in [0.25, 0.3) is 0 Å². The predicted octanol–water partition coefficient (Wildman–Crippen LogP) is 4.70. The van der Waals surface area contributed by atoms with Crippen LogP contribution in [-0.2, 0) is 0 Å². The fourth-order valence-corrected chi connectivity index (χ4v) is 2.53. The molecule has 1 heteroatoms. The second kappa shape index (κ2) is 4.73. The molecule has 1 atom stereocenters. The van der Waals surface area contributed by atoms with Crippen LogP contribution in [-0.4, -0.2) is 4.57 Å². The van der Waals surface area contributed by atoms with Crippen molar-refractivity contribution in [3.63, 3.8) is 0 Å². The van der Waals surface area contributed by atoms with Crippen LogP contribution in [0.5, 0.6) is 0 Å². The van der Waals surface area contributed by atoms with Crippen LogP contribution in [0.4, 0.5) is 0 Å². The van der Waals surface area contributed by atoms with E-state index in [0.29, 0.717) is 6.04 Å². The van der Waals surface area contributed by atoms with Crippen LogP contribution in [0.15, 0.2) is 30.3 Å². The van der Waals surface area contributed by atoms with E-state index in [9.17, 15) is 0 Å². The second-order valence-electron chi connectivity index (χ2n) is 4.71. The number of para-hydroxylation sites is 1. The molecule has 0 fully saturated rings. The quantitative estimate of drug-likeness (QED) is 0.696. The maximum atomic E-state index is 2.48. The zero-order chi connectivity index (χ0) is 11.5. The van der Waals surface area contributed by atoms with Crippen LogP contribution in [0, 0.1) is 6.92 Å². The zero-order valence-electron chi connectivity index (χ0n) is 10.5. The van der Waals surface area contributed by atoms with Gasteiger partial charge in [-0.25, -0.2) is 0 Å². The summed E-state index contributed by atoms with van der Waals surface area (Å²) in [5, 5.41) is 1.36. The first kappa shape index (κ1) is 11.3. The van der Waals surface area contributed by atoms with Gasteiger partial charge in [0.05, 0.1) is 0 Å². The average molecular weight is 215 g/mol. The first-order chi connectivity index (χ1) is 7.74. The Morgan fingerprint density at radius 1 is 1.25 bits per heavy atom. The van der Waals surface area contributed by atoms with Gasteiger partial charge in [-0.2, -0.15) is 0 Å². The largest absolute Gasteiger partial charge is 0.342 e. The summed E-state index contributed by atoms with van der Waals surface area (Å²) in [5.74, 6) is 0. The molecule has 86 valence electrons. The number of unbranched alkanes of at least 4 members (excludes halogenated alkanes) is 1. The smallest absolute Gasteiger partial charge is 0.0484 e. The van der Waals surface area contributed by atoms with E-state index in [1.807, 2.05) is 0 Å². The number of hydrogen-bond acceptors (Lipinski definition) is 0. The van der Waals surface area contributed by atoms with E-state index in [1.165, 1.54) is 35.9 Å². The van der Waals surface area contributed by atoms with Gasteiger partial charge in [0.15, 0.2) is 0 Å². The first-order valence-electron chi connectivity index (χ1n) is 6.30. The van der Waals surface area contributed by atoms with Crippen molar-refractivity contribution in [3.8, 4) is 0 Å². The third-order valence-electron chi connectivity index (χ3n) is 3.36. The van der Waals surface area contributed by atoms with Gasteiger partial charge in [-0.15, -0.1) is 0 Å². The maximum Gasteiger partial charge on any atom is 0.0484 e. The summed E-state index contributed by atoms with van der Waals surface area (Å²) in [6.07, 6.45) is 3.87. The lowest BCUT2D eigenvalue weighted by Gasteiger charge is -2.17. The van der Waals surface area contributed by atoms with Crippen LogP contribution in [0.2, 0.25) is 0 Å². The van der Waals surface area contributed by atoms with Crippen molar-refractivity contribution in [2.24, 2.45) is 0 Å². The SMILES string of the molecule is CCCCC(C)n1c(C)cc2ccccc21. The molecule has 0 radical (unpaired) electrons. The summed E-state index contributed by atoms with van der Waals surface area (Å²) >= 11 is 0. The summed E-state index contributed by atoms with van der Waals surface area (Å²) in [4.78, 5) is 0. The molecule has 2 rings (SSSR count). The topological polar surface area (TPSA) is 4.93 Å². The highest BCUT2D eigenvalue weighted by Gasteiger charge is 2.10.